The van der Waals surface area contributed by atoms with Gasteiger partial charge in [-0.2, -0.15) is 0 Å². The zero-order valence-corrected chi connectivity index (χ0v) is 14.1. The van der Waals surface area contributed by atoms with Gasteiger partial charge in [0.05, 0.1) is 5.56 Å². The van der Waals surface area contributed by atoms with Gasteiger partial charge in [0.1, 0.15) is 5.82 Å². The summed E-state index contributed by atoms with van der Waals surface area (Å²) in [6.45, 7) is 5.94. The van der Waals surface area contributed by atoms with Crippen LogP contribution in [0.2, 0.25) is 0 Å². The predicted molar refractivity (Wildman–Crippen MR) is 91.3 cm³/mol. The second-order valence-electron chi connectivity index (χ2n) is 5.85. The van der Waals surface area contributed by atoms with Crippen molar-refractivity contribution in [3.05, 3.63) is 57.5 Å². The number of aryl methyl sites for hydroxylation is 1. The number of amides is 1. The van der Waals surface area contributed by atoms with E-state index in [-0.39, 0.29) is 11.7 Å². The van der Waals surface area contributed by atoms with Gasteiger partial charge in [-0.1, -0.05) is 19.1 Å². The highest BCUT2D eigenvalue weighted by Gasteiger charge is 2.22. The van der Waals surface area contributed by atoms with E-state index < -0.39 is 0 Å². The Labute approximate surface area is 140 Å². The van der Waals surface area contributed by atoms with Crippen LogP contribution in [-0.2, 0) is 13.0 Å². The average molecular weight is 332 g/mol. The van der Waals surface area contributed by atoms with Crippen molar-refractivity contribution >= 4 is 17.2 Å². The topological polar surface area (TPSA) is 23.6 Å². The summed E-state index contributed by atoms with van der Waals surface area (Å²) in [5.41, 5.74) is 1.79. The smallest absolute Gasteiger partial charge is 0.254 e. The van der Waals surface area contributed by atoms with Crippen LogP contribution in [0.5, 0.6) is 0 Å². The van der Waals surface area contributed by atoms with Gasteiger partial charge in [-0.05, 0) is 30.2 Å². The quantitative estimate of drug-likeness (QED) is 0.857. The Morgan fingerprint density at radius 2 is 2.00 bits per heavy atom. The van der Waals surface area contributed by atoms with Crippen LogP contribution in [0.15, 0.2) is 35.7 Å². The molecule has 1 aromatic heterocycles. The van der Waals surface area contributed by atoms with Crippen molar-refractivity contribution in [3.63, 3.8) is 0 Å². The van der Waals surface area contributed by atoms with Crippen LogP contribution in [0.25, 0.3) is 0 Å². The van der Waals surface area contributed by atoms with Crippen molar-refractivity contribution in [2.75, 3.05) is 26.2 Å². The van der Waals surface area contributed by atoms with Crippen molar-refractivity contribution in [3.8, 4) is 0 Å². The zero-order valence-electron chi connectivity index (χ0n) is 13.3. The summed E-state index contributed by atoms with van der Waals surface area (Å²) < 4.78 is 13.2. The maximum Gasteiger partial charge on any atom is 0.254 e. The Morgan fingerprint density at radius 3 is 2.65 bits per heavy atom. The number of carbonyl (C=O) groups excluding carboxylic acids is 1. The lowest BCUT2D eigenvalue weighted by Crippen LogP contribution is -2.48. The molecule has 5 heteroatoms. The highest BCUT2D eigenvalue weighted by molar-refractivity contribution is 7.10. The van der Waals surface area contributed by atoms with Crippen LogP contribution in [0, 0.1) is 5.82 Å². The fourth-order valence-corrected chi connectivity index (χ4v) is 3.67. The van der Waals surface area contributed by atoms with E-state index >= 15 is 0 Å². The predicted octanol–water partition coefficient (Wildman–Crippen LogP) is 3.41. The van der Waals surface area contributed by atoms with Crippen molar-refractivity contribution < 1.29 is 9.18 Å². The summed E-state index contributed by atoms with van der Waals surface area (Å²) in [4.78, 5) is 17.9. The van der Waals surface area contributed by atoms with Gasteiger partial charge in [-0.25, -0.2) is 4.39 Å². The zero-order chi connectivity index (χ0) is 16.2. The van der Waals surface area contributed by atoms with Gasteiger partial charge in [0.15, 0.2) is 0 Å². The largest absolute Gasteiger partial charge is 0.336 e. The fraction of sp³-hybridized carbons (Fsp3) is 0.389. The molecule has 0 aliphatic carbocycles. The van der Waals surface area contributed by atoms with Crippen molar-refractivity contribution in [2.24, 2.45) is 0 Å². The molecule has 23 heavy (non-hydrogen) atoms. The Bertz CT molecular complexity index is 677. The molecule has 1 fully saturated rings. The standard InChI is InChI=1S/C18H21FN2OS/c1-2-17-11-15(13-23-17)18(22)21-8-6-20(7-9-21)12-14-4-3-5-16(19)10-14/h3-5,10-11,13H,2,6-9,12H2,1H3. The molecule has 122 valence electrons. The van der Waals surface area contributed by atoms with E-state index in [2.05, 4.69) is 11.8 Å². The van der Waals surface area contributed by atoms with Crippen LogP contribution in [0.4, 0.5) is 4.39 Å². The molecule has 1 aliphatic heterocycles. The molecule has 0 atom stereocenters. The maximum absolute atomic E-state index is 13.2. The van der Waals surface area contributed by atoms with Crippen LogP contribution < -0.4 is 0 Å². The summed E-state index contributed by atoms with van der Waals surface area (Å²) in [5.74, 6) is -0.0631. The first-order valence-corrected chi connectivity index (χ1v) is 8.87. The monoisotopic (exact) mass is 332 g/mol. The third-order valence-electron chi connectivity index (χ3n) is 4.20. The molecular formula is C18H21FN2OS. The summed E-state index contributed by atoms with van der Waals surface area (Å²) in [6, 6.07) is 8.73. The van der Waals surface area contributed by atoms with Crippen LogP contribution >= 0.6 is 11.3 Å². The number of hydrogen-bond acceptors (Lipinski definition) is 3. The first-order valence-electron chi connectivity index (χ1n) is 7.99. The molecular weight excluding hydrogens is 311 g/mol. The molecule has 1 amide bonds. The second-order valence-corrected chi connectivity index (χ2v) is 6.85. The number of nitrogens with zero attached hydrogens (tertiary/aromatic N) is 2. The minimum absolute atomic E-state index is 0.131. The van der Waals surface area contributed by atoms with Gasteiger partial charge >= 0.3 is 0 Å². The lowest BCUT2D eigenvalue weighted by molar-refractivity contribution is 0.0629. The molecule has 3 nitrogen and oxygen atoms in total. The molecule has 1 saturated heterocycles. The Balaban J connectivity index is 1.54. The van der Waals surface area contributed by atoms with Crippen molar-refractivity contribution in [1.82, 2.24) is 9.80 Å². The maximum atomic E-state index is 13.2. The molecule has 2 heterocycles. The third kappa shape index (κ3) is 3.98. The average Bonchev–Trinajstić information content (AvgIpc) is 3.04. The minimum atomic E-state index is -0.194. The second kappa shape index (κ2) is 7.23. The summed E-state index contributed by atoms with van der Waals surface area (Å²) in [6.07, 6.45) is 0.972. The van der Waals surface area contributed by atoms with Gasteiger partial charge in [-0.15, -0.1) is 11.3 Å². The van der Waals surface area contributed by atoms with E-state index in [4.69, 9.17) is 0 Å². The van der Waals surface area contributed by atoms with Gasteiger partial charge < -0.3 is 4.90 Å². The molecule has 0 unspecified atom stereocenters. The number of thiophene rings is 1. The number of piperazine rings is 1. The molecule has 0 N–H and O–H groups in total. The van der Waals surface area contributed by atoms with Crippen LogP contribution in [0.3, 0.4) is 0 Å². The number of carbonyl (C=O) groups is 1. The highest BCUT2D eigenvalue weighted by Crippen LogP contribution is 2.18. The van der Waals surface area contributed by atoms with Crippen molar-refractivity contribution in [2.45, 2.75) is 19.9 Å². The number of benzene rings is 1. The minimum Gasteiger partial charge on any atom is -0.336 e. The Kier molecular flexibility index (Phi) is 5.08. The number of halogens is 1. The van der Waals surface area contributed by atoms with E-state index in [1.807, 2.05) is 22.4 Å². The molecule has 3 rings (SSSR count). The highest BCUT2D eigenvalue weighted by atomic mass is 32.1. The Morgan fingerprint density at radius 1 is 1.22 bits per heavy atom. The first kappa shape index (κ1) is 16.1. The molecule has 1 aliphatic rings. The lowest BCUT2D eigenvalue weighted by Gasteiger charge is -2.34. The first-order chi connectivity index (χ1) is 11.2. The molecule has 1 aromatic carbocycles. The van der Waals surface area contributed by atoms with E-state index in [0.29, 0.717) is 0 Å². The van der Waals surface area contributed by atoms with Crippen LogP contribution in [-0.4, -0.2) is 41.9 Å². The van der Waals surface area contributed by atoms with E-state index in [9.17, 15) is 9.18 Å². The van der Waals surface area contributed by atoms with Gasteiger partial charge in [0.2, 0.25) is 0 Å². The molecule has 0 radical (unpaired) electrons. The van der Waals surface area contributed by atoms with Gasteiger partial charge in [-0.3, -0.25) is 9.69 Å². The normalized spacial score (nSPS) is 15.8. The van der Waals surface area contributed by atoms with E-state index in [0.717, 1.165) is 50.3 Å². The lowest BCUT2D eigenvalue weighted by atomic mass is 10.2. The van der Waals surface area contributed by atoms with Crippen LogP contribution in [0.1, 0.15) is 27.7 Å². The van der Waals surface area contributed by atoms with Gasteiger partial charge in [0.25, 0.3) is 5.91 Å². The summed E-state index contributed by atoms with van der Waals surface area (Å²) >= 11 is 1.65. The Hall–Kier alpha value is -1.72. The molecule has 0 spiro atoms. The molecule has 2 aromatic rings. The fourth-order valence-electron chi connectivity index (χ4n) is 2.86. The van der Waals surface area contributed by atoms with Crippen molar-refractivity contribution in [1.29, 1.82) is 0 Å². The van der Waals surface area contributed by atoms with Gasteiger partial charge in [0, 0.05) is 43.0 Å². The number of rotatable bonds is 4. The molecule has 0 saturated carbocycles. The SMILES string of the molecule is CCc1cc(C(=O)N2CCN(Cc3cccc(F)c3)CC2)cs1. The summed E-state index contributed by atoms with van der Waals surface area (Å²) in [5, 5.41) is 1.96. The number of hydrogen-bond donors (Lipinski definition) is 0. The van der Waals surface area contributed by atoms with E-state index in [1.54, 1.807) is 23.5 Å². The van der Waals surface area contributed by atoms with E-state index in [1.165, 1.54) is 10.9 Å². The summed E-state index contributed by atoms with van der Waals surface area (Å²) in [7, 11) is 0. The molecule has 0 bridgehead atoms. The third-order valence-corrected chi connectivity index (χ3v) is 5.28.